The zero-order valence-corrected chi connectivity index (χ0v) is 12.3. The van der Waals surface area contributed by atoms with Gasteiger partial charge in [0.1, 0.15) is 5.75 Å². The van der Waals surface area contributed by atoms with Crippen LogP contribution in [0.25, 0.3) is 0 Å². The third-order valence-electron chi connectivity index (χ3n) is 3.89. The number of hydrogen-bond acceptors (Lipinski definition) is 3. The Morgan fingerprint density at radius 2 is 1.90 bits per heavy atom. The Balaban J connectivity index is 1.79. The molecule has 1 heterocycles. The Kier molecular flexibility index (Phi) is 4.11. The van der Waals surface area contributed by atoms with Gasteiger partial charge in [0.15, 0.2) is 0 Å². The summed E-state index contributed by atoms with van der Waals surface area (Å²) in [6, 6.07) is 16.1. The molecule has 0 saturated heterocycles. The van der Waals surface area contributed by atoms with Crippen LogP contribution in [-0.4, -0.2) is 24.8 Å². The minimum absolute atomic E-state index is 0.489. The lowest BCUT2D eigenvalue weighted by Gasteiger charge is -2.26. The number of β-amino-alcohol motifs (C(OH)–C–C–N with tert-alkyl or cyclic N) is 1. The number of hydrogen-bond donors (Lipinski definition) is 1. The first-order chi connectivity index (χ1) is 10.2. The maximum absolute atomic E-state index is 10.5. The van der Waals surface area contributed by atoms with E-state index in [-0.39, 0.29) is 0 Å². The smallest absolute Gasteiger partial charge is 0.142 e. The van der Waals surface area contributed by atoms with Gasteiger partial charge in [-0.1, -0.05) is 42.0 Å². The van der Waals surface area contributed by atoms with E-state index in [1.165, 1.54) is 5.56 Å². The molecule has 2 aromatic carbocycles. The van der Waals surface area contributed by atoms with Crippen molar-refractivity contribution in [3.8, 4) is 5.75 Å². The number of nitrogens with zero attached hydrogens (tertiary/aromatic N) is 1. The van der Waals surface area contributed by atoms with E-state index in [2.05, 4.69) is 17.9 Å². The van der Waals surface area contributed by atoms with E-state index in [1.54, 1.807) is 0 Å². The monoisotopic (exact) mass is 283 g/mol. The summed E-state index contributed by atoms with van der Waals surface area (Å²) in [5, 5.41) is 10.5. The highest BCUT2D eigenvalue weighted by Crippen LogP contribution is 2.31. The molecule has 0 saturated carbocycles. The number of ether oxygens (including phenoxy) is 1. The summed E-state index contributed by atoms with van der Waals surface area (Å²) in [5.41, 5.74) is 3.24. The van der Waals surface area contributed by atoms with Crippen LogP contribution in [0, 0.1) is 6.92 Å². The number of rotatable bonds is 3. The van der Waals surface area contributed by atoms with E-state index in [1.807, 2.05) is 42.5 Å². The molecule has 0 bridgehead atoms. The molecule has 0 amide bonds. The first kappa shape index (κ1) is 14.0. The summed E-state index contributed by atoms with van der Waals surface area (Å²) < 4.78 is 5.76. The lowest BCUT2D eigenvalue weighted by Crippen LogP contribution is -2.29. The van der Waals surface area contributed by atoms with Crippen molar-refractivity contribution in [2.24, 2.45) is 0 Å². The number of benzene rings is 2. The lowest BCUT2D eigenvalue weighted by atomic mass is 10.1. The molecule has 0 spiro atoms. The SMILES string of the molecule is Cc1ccc(C(O)CN2CCCOc3ccccc32)cc1. The molecular formula is C18H21NO2. The van der Waals surface area contributed by atoms with Crippen molar-refractivity contribution >= 4 is 5.69 Å². The molecule has 21 heavy (non-hydrogen) atoms. The maximum atomic E-state index is 10.5. The van der Waals surface area contributed by atoms with E-state index in [0.29, 0.717) is 6.54 Å². The van der Waals surface area contributed by atoms with Gasteiger partial charge in [-0.2, -0.15) is 0 Å². The van der Waals surface area contributed by atoms with Crippen LogP contribution >= 0.6 is 0 Å². The number of anilines is 1. The van der Waals surface area contributed by atoms with Crippen molar-refractivity contribution in [3.05, 3.63) is 59.7 Å². The van der Waals surface area contributed by atoms with E-state index in [4.69, 9.17) is 4.74 Å². The fourth-order valence-corrected chi connectivity index (χ4v) is 2.69. The Bertz CT molecular complexity index is 594. The molecule has 1 atom stereocenters. The summed E-state index contributed by atoms with van der Waals surface area (Å²) in [4.78, 5) is 2.22. The van der Waals surface area contributed by atoms with Crippen molar-refractivity contribution in [2.45, 2.75) is 19.4 Å². The van der Waals surface area contributed by atoms with Crippen LogP contribution < -0.4 is 9.64 Å². The fourth-order valence-electron chi connectivity index (χ4n) is 2.69. The van der Waals surface area contributed by atoms with E-state index in [9.17, 15) is 5.11 Å². The maximum Gasteiger partial charge on any atom is 0.142 e. The van der Waals surface area contributed by atoms with Gasteiger partial charge >= 0.3 is 0 Å². The van der Waals surface area contributed by atoms with Crippen molar-refractivity contribution in [2.75, 3.05) is 24.6 Å². The Labute approximate surface area is 125 Å². The van der Waals surface area contributed by atoms with Gasteiger partial charge in [0.05, 0.1) is 18.4 Å². The molecule has 1 aliphatic rings. The molecule has 1 N–H and O–H groups in total. The van der Waals surface area contributed by atoms with Crippen molar-refractivity contribution in [3.63, 3.8) is 0 Å². The molecule has 3 nitrogen and oxygen atoms in total. The van der Waals surface area contributed by atoms with Gasteiger partial charge in [0.2, 0.25) is 0 Å². The molecule has 3 heteroatoms. The van der Waals surface area contributed by atoms with Gasteiger partial charge in [0.25, 0.3) is 0 Å². The van der Waals surface area contributed by atoms with Gasteiger partial charge in [-0.25, -0.2) is 0 Å². The minimum atomic E-state index is -0.489. The Hall–Kier alpha value is -2.00. The molecule has 3 rings (SSSR count). The number of aliphatic hydroxyl groups is 1. The topological polar surface area (TPSA) is 32.7 Å². The van der Waals surface area contributed by atoms with Crippen LogP contribution in [0.2, 0.25) is 0 Å². The highest BCUT2D eigenvalue weighted by atomic mass is 16.5. The van der Waals surface area contributed by atoms with E-state index < -0.39 is 6.10 Å². The van der Waals surface area contributed by atoms with Gasteiger partial charge in [-0.3, -0.25) is 0 Å². The molecule has 110 valence electrons. The largest absolute Gasteiger partial charge is 0.491 e. The average Bonchev–Trinajstić information content (AvgIpc) is 2.71. The molecule has 1 aliphatic heterocycles. The summed E-state index contributed by atoms with van der Waals surface area (Å²) in [6.07, 6.45) is 0.478. The zero-order valence-electron chi connectivity index (χ0n) is 12.3. The molecule has 0 fully saturated rings. The van der Waals surface area contributed by atoms with Crippen LogP contribution in [0.3, 0.4) is 0 Å². The molecule has 2 aromatic rings. The van der Waals surface area contributed by atoms with Gasteiger partial charge in [-0.15, -0.1) is 0 Å². The third kappa shape index (κ3) is 3.19. The number of aryl methyl sites for hydroxylation is 1. The molecular weight excluding hydrogens is 262 g/mol. The van der Waals surface area contributed by atoms with Gasteiger partial charge < -0.3 is 14.7 Å². The second-order valence-electron chi connectivity index (χ2n) is 5.54. The lowest BCUT2D eigenvalue weighted by molar-refractivity contribution is 0.183. The number of aliphatic hydroxyl groups excluding tert-OH is 1. The molecule has 0 aromatic heterocycles. The summed E-state index contributed by atoms with van der Waals surface area (Å²) in [5.74, 6) is 0.908. The second kappa shape index (κ2) is 6.19. The second-order valence-corrected chi connectivity index (χ2v) is 5.54. The predicted octanol–water partition coefficient (Wildman–Crippen LogP) is 3.32. The number of para-hydroxylation sites is 2. The van der Waals surface area contributed by atoms with Crippen LogP contribution in [0.4, 0.5) is 5.69 Å². The minimum Gasteiger partial charge on any atom is -0.491 e. The summed E-state index contributed by atoms with van der Waals surface area (Å²) in [7, 11) is 0. The zero-order chi connectivity index (χ0) is 14.7. The average molecular weight is 283 g/mol. The first-order valence-electron chi connectivity index (χ1n) is 7.45. The normalized spacial score (nSPS) is 15.8. The van der Waals surface area contributed by atoms with Crippen molar-refractivity contribution in [1.29, 1.82) is 0 Å². The van der Waals surface area contributed by atoms with Crippen molar-refractivity contribution < 1.29 is 9.84 Å². The highest BCUT2D eigenvalue weighted by molar-refractivity contribution is 5.59. The van der Waals surface area contributed by atoms with Crippen LogP contribution in [0.15, 0.2) is 48.5 Å². The highest BCUT2D eigenvalue weighted by Gasteiger charge is 2.19. The molecule has 0 radical (unpaired) electrons. The summed E-state index contributed by atoms with van der Waals surface area (Å²) >= 11 is 0. The molecule has 0 aliphatic carbocycles. The summed E-state index contributed by atoms with van der Waals surface area (Å²) in [6.45, 7) is 4.27. The molecule has 1 unspecified atom stereocenters. The first-order valence-corrected chi connectivity index (χ1v) is 7.45. The van der Waals surface area contributed by atoms with Gasteiger partial charge in [-0.05, 0) is 31.0 Å². The Morgan fingerprint density at radius 3 is 2.71 bits per heavy atom. The van der Waals surface area contributed by atoms with Crippen LogP contribution in [0.5, 0.6) is 5.75 Å². The third-order valence-corrected chi connectivity index (χ3v) is 3.89. The fraction of sp³-hybridized carbons (Fsp3) is 0.333. The number of fused-ring (bicyclic) bond motifs is 1. The quantitative estimate of drug-likeness (QED) is 0.938. The predicted molar refractivity (Wildman–Crippen MR) is 84.9 cm³/mol. The Morgan fingerprint density at radius 1 is 1.14 bits per heavy atom. The standard InChI is InChI=1S/C18H21NO2/c1-14-7-9-15(10-8-14)17(20)13-19-11-4-12-21-18-6-3-2-5-16(18)19/h2-3,5-10,17,20H,4,11-13H2,1H3. The van der Waals surface area contributed by atoms with Gasteiger partial charge in [0, 0.05) is 13.1 Å². The van der Waals surface area contributed by atoms with Crippen LogP contribution in [0.1, 0.15) is 23.7 Å². The van der Waals surface area contributed by atoms with E-state index >= 15 is 0 Å². The van der Waals surface area contributed by atoms with Crippen LogP contribution in [-0.2, 0) is 0 Å². The van der Waals surface area contributed by atoms with Crippen molar-refractivity contribution in [1.82, 2.24) is 0 Å². The van der Waals surface area contributed by atoms with E-state index in [0.717, 1.165) is 36.6 Å².